The SMILES string of the molecule is CSC1=C(SCSC2=C(SC)SC(=C3SC4=C(SC(=C5C=CC(=C6SC=CS6)CC5)S4)S3)S2)SC(=C2SC3=C(SC(=C4C=CC(=C5SC=CS5)CC4)S3)S2)S1. The van der Waals surface area contributed by atoms with Crippen LogP contribution >= 0.6 is 235 Å². The molecule has 0 radical (unpaired) electrons. The molecule has 10 aliphatic rings. The van der Waals surface area contributed by atoms with Gasteiger partial charge in [-0.1, -0.05) is 212 Å². The van der Waals surface area contributed by atoms with E-state index in [1.807, 2.05) is 235 Å². The summed E-state index contributed by atoms with van der Waals surface area (Å²) in [4.78, 5) is 0. The van der Waals surface area contributed by atoms with Gasteiger partial charge >= 0.3 is 0 Å². The fourth-order valence-corrected chi connectivity index (χ4v) is 34.2. The highest BCUT2D eigenvalue weighted by Gasteiger charge is 2.37. The highest BCUT2D eigenvalue weighted by Crippen LogP contribution is 2.73. The van der Waals surface area contributed by atoms with Crippen molar-refractivity contribution in [2.45, 2.75) is 25.7 Å². The van der Waals surface area contributed by atoms with Crippen LogP contribution in [0.15, 0.2) is 136 Å². The molecule has 0 unspecified atom stereocenters. The van der Waals surface area contributed by atoms with Crippen molar-refractivity contribution in [1.29, 1.82) is 0 Å². The molecule has 0 bridgehead atoms. The van der Waals surface area contributed by atoms with Crippen LogP contribution in [0.5, 0.6) is 0 Å². The second kappa shape index (κ2) is 19.6. The number of thioether (sulfide) groups is 20. The van der Waals surface area contributed by atoms with Crippen LogP contribution in [0.2, 0.25) is 0 Å². The molecule has 0 spiro atoms. The Balaban J connectivity index is 0.714. The van der Waals surface area contributed by atoms with Crippen LogP contribution in [-0.4, -0.2) is 17.6 Å². The van der Waals surface area contributed by atoms with Gasteiger partial charge in [0, 0.05) is 5.08 Å². The largest absolute Gasteiger partial charge is 0.121 e. The third-order valence-corrected chi connectivity index (χ3v) is 36.0. The van der Waals surface area contributed by atoms with E-state index in [2.05, 4.69) is 58.4 Å². The van der Waals surface area contributed by atoms with E-state index < -0.39 is 0 Å². The topological polar surface area (TPSA) is 0 Å². The first-order chi connectivity index (χ1) is 27.1. The monoisotopic (exact) mass is 1080 g/mol. The molecule has 0 nitrogen and oxygen atoms in total. The molecule has 10 rings (SSSR count). The lowest BCUT2D eigenvalue weighted by molar-refractivity contribution is 0.949. The zero-order valence-electron chi connectivity index (χ0n) is 28.3. The molecule has 0 N–H and O–H groups in total. The van der Waals surface area contributed by atoms with Crippen LogP contribution in [0.25, 0.3) is 0 Å². The van der Waals surface area contributed by atoms with Gasteiger partial charge < -0.3 is 0 Å². The van der Waals surface area contributed by atoms with Crippen molar-refractivity contribution in [2.24, 2.45) is 0 Å². The third-order valence-electron chi connectivity index (χ3n) is 8.13. The van der Waals surface area contributed by atoms with E-state index in [1.165, 1.54) is 90.1 Å². The van der Waals surface area contributed by atoms with E-state index in [0.29, 0.717) is 0 Å². The van der Waals surface area contributed by atoms with Crippen molar-refractivity contribution in [3.05, 3.63) is 136 Å². The number of hydrogen-bond acceptors (Lipinski definition) is 20. The minimum Gasteiger partial charge on any atom is -0.121 e. The summed E-state index contributed by atoms with van der Waals surface area (Å²) in [5, 5.41) is 9.84. The van der Waals surface area contributed by atoms with E-state index >= 15 is 0 Å². The summed E-state index contributed by atoms with van der Waals surface area (Å²) in [5.41, 5.74) is 6.03. The van der Waals surface area contributed by atoms with Gasteiger partial charge in [0.15, 0.2) is 0 Å². The van der Waals surface area contributed by atoms with E-state index in [4.69, 9.17) is 0 Å². The molecule has 8 aliphatic heterocycles. The lowest BCUT2D eigenvalue weighted by Gasteiger charge is -2.15. The summed E-state index contributed by atoms with van der Waals surface area (Å²) in [6.07, 6.45) is 18.6. The van der Waals surface area contributed by atoms with Gasteiger partial charge in [0.05, 0.1) is 67.8 Å². The maximum absolute atomic E-state index is 2.38. The van der Waals surface area contributed by atoms with Crippen LogP contribution in [0.1, 0.15) is 25.7 Å². The highest BCUT2D eigenvalue weighted by atomic mass is 32.3. The average molecular weight is 1090 g/mol. The average Bonchev–Trinajstić information content (AvgIpc) is 4.05. The molecule has 2 aliphatic carbocycles. The molecule has 0 saturated heterocycles. The van der Waals surface area contributed by atoms with E-state index in [0.717, 1.165) is 30.8 Å². The molecule has 0 saturated carbocycles. The molecule has 8 heterocycles. The normalized spacial score (nSPS) is 25.3. The van der Waals surface area contributed by atoms with Crippen molar-refractivity contribution >= 4 is 235 Å². The quantitative estimate of drug-likeness (QED) is 0.232. The molecule has 20 heteroatoms. The third kappa shape index (κ3) is 9.59. The zero-order valence-corrected chi connectivity index (χ0v) is 44.6. The maximum atomic E-state index is 2.38. The smallest absolute Gasteiger partial charge is 0.0718 e. The maximum Gasteiger partial charge on any atom is 0.0718 e. The standard InChI is InChI=1S/C35H24S20/c1-36-24-26(50-32(48-24)34-52-28-29(53-34)45-22(44-28)18-7-3-16(4-8-18)20-38-11-12-39-20)42-15-43-27-25(37-2)49-33(51-27)35-54-30-31(55-35)47-23(46-30)19-9-5-17(6-10-19)21-40-13-14-41-21/h3,5,7,9,11-14H,4,6,8,10,15H2,1-2H3. The Morgan fingerprint density at radius 3 is 0.927 bits per heavy atom. The second-order valence-corrected chi connectivity index (χ2v) is 35.4. The van der Waals surface area contributed by atoms with Crippen molar-refractivity contribution in [2.75, 3.05) is 17.6 Å². The molecular formula is C35H24S20. The summed E-state index contributed by atoms with van der Waals surface area (Å²) in [6.45, 7) is 0. The fourth-order valence-electron chi connectivity index (χ4n) is 5.55. The molecular weight excluding hydrogens is 1060 g/mol. The first-order valence-electron chi connectivity index (χ1n) is 16.3. The molecule has 0 amide bonds. The predicted molar refractivity (Wildman–Crippen MR) is 294 cm³/mol. The lowest BCUT2D eigenvalue weighted by atomic mass is 10.00. The van der Waals surface area contributed by atoms with Gasteiger partial charge in [-0.05, 0) is 82.1 Å². The van der Waals surface area contributed by atoms with Gasteiger partial charge in [-0.15, -0.1) is 47.0 Å². The highest BCUT2D eigenvalue weighted by molar-refractivity contribution is 8.51. The van der Waals surface area contributed by atoms with Crippen molar-refractivity contribution < 1.29 is 0 Å². The molecule has 0 aromatic heterocycles. The number of allylic oxidation sites excluding steroid dienone is 8. The van der Waals surface area contributed by atoms with E-state index in [1.54, 1.807) is 0 Å². The molecule has 284 valence electrons. The summed E-state index contributed by atoms with van der Waals surface area (Å²) < 4.78 is 23.6. The Labute approximate surface area is 408 Å². The second-order valence-electron chi connectivity index (χ2n) is 11.4. The van der Waals surface area contributed by atoms with Gasteiger partial charge in [0.1, 0.15) is 0 Å². The molecule has 55 heavy (non-hydrogen) atoms. The fraction of sp³-hybridized carbons (Fsp3) is 0.200. The van der Waals surface area contributed by atoms with Gasteiger partial charge in [-0.2, -0.15) is 0 Å². The first kappa shape index (κ1) is 42.3. The van der Waals surface area contributed by atoms with E-state index in [-0.39, 0.29) is 0 Å². The van der Waals surface area contributed by atoms with Gasteiger partial charge in [0.25, 0.3) is 0 Å². The van der Waals surface area contributed by atoms with Crippen LogP contribution < -0.4 is 0 Å². The zero-order chi connectivity index (χ0) is 36.9. The minimum absolute atomic E-state index is 1.04. The first-order valence-corrected chi connectivity index (χ1v) is 34.0. The van der Waals surface area contributed by atoms with Crippen LogP contribution in [0.3, 0.4) is 0 Å². The van der Waals surface area contributed by atoms with Crippen LogP contribution in [0.4, 0.5) is 0 Å². The molecule has 0 atom stereocenters. The Morgan fingerprint density at radius 1 is 0.345 bits per heavy atom. The summed E-state index contributed by atoms with van der Waals surface area (Å²) in [7, 11) is 0. The Hall–Kier alpha value is 3.36. The lowest BCUT2D eigenvalue weighted by Crippen LogP contribution is -1.93. The number of rotatable bonds is 6. The van der Waals surface area contributed by atoms with E-state index in [9.17, 15) is 0 Å². The predicted octanol–water partition coefficient (Wildman–Crippen LogP) is 20.2. The van der Waals surface area contributed by atoms with Gasteiger partial charge in [-0.25, -0.2) is 0 Å². The Bertz CT molecular complexity index is 1990. The molecule has 0 aromatic carbocycles. The molecule has 0 fully saturated rings. The summed E-state index contributed by atoms with van der Waals surface area (Å²) >= 11 is 39.4. The van der Waals surface area contributed by atoms with Crippen molar-refractivity contribution in [1.82, 2.24) is 0 Å². The Kier molecular flexibility index (Phi) is 15.1. The number of hydrogen-bond donors (Lipinski definition) is 0. The summed E-state index contributed by atoms with van der Waals surface area (Å²) in [6, 6.07) is 0. The van der Waals surface area contributed by atoms with Crippen LogP contribution in [0, 0.1) is 0 Å². The minimum atomic E-state index is 1.04. The van der Waals surface area contributed by atoms with Crippen LogP contribution in [-0.2, 0) is 0 Å². The van der Waals surface area contributed by atoms with Crippen molar-refractivity contribution in [3.8, 4) is 0 Å². The summed E-state index contributed by atoms with van der Waals surface area (Å²) in [5.74, 6) is 0. The molecule has 0 aromatic rings. The van der Waals surface area contributed by atoms with Gasteiger partial charge in [-0.3, -0.25) is 0 Å². The van der Waals surface area contributed by atoms with Crippen molar-refractivity contribution in [3.63, 3.8) is 0 Å². The Morgan fingerprint density at radius 2 is 0.618 bits per heavy atom. The van der Waals surface area contributed by atoms with Gasteiger partial charge in [0.2, 0.25) is 0 Å².